The average Bonchev–Trinajstić information content (AvgIpc) is 3.42. The number of hydrogen-bond donors (Lipinski definition) is 2. The molecule has 0 bridgehead atoms. The molecular weight excluding hydrogens is 430 g/mol. The second-order valence-corrected chi connectivity index (χ2v) is 7.81. The molecule has 2 N–H and O–H groups in total. The van der Waals surface area contributed by atoms with Crippen LogP contribution in [0.15, 0.2) is 48.8 Å². The fraction of sp³-hybridized carbons (Fsp3) is 0.125. The number of hydrogen-bond acceptors (Lipinski definition) is 8. The van der Waals surface area contributed by atoms with Gasteiger partial charge in [-0.3, -0.25) is 14.5 Å². The molecule has 34 heavy (non-hydrogen) atoms. The number of pyridine rings is 1. The molecule has 5 rings (SSSR count). The SMILES string of the molecule is CC(=O)c1ccc(-n2cnc3cc(Nc4ccc(C)nn4)ccc32)nc1-c1n[nH]c(C)c1C#N. The Bertz CT molecular complexity index is 1590. The predicted molar refractivity (Wildman–Crippen MR) is 126 cm³/mol. The first-order chi connectivity index (χ1) is 16.4. The van der Waals surface area contributed by atoms with Crippen LogP contribution in [0.2, 0.25) is 0 Å². The third-order valence-electron chi connectivity index (χ3n) is 5.41. The zero-order chi connectivity index (χ0) is 23.8. The zero-order valence-electron chi connectivity index (χ0n) is 18.7. The van der Waals surface area contributed by atoms with E-state index in [0.29, 0.717) is 39.8 Å². The summed E-state index contributed by atoms with van der Waals surface area (Å²) in [6.45, 7) is 5.10. The summed E-state index contributed by atoms with van der Waals surface area (Å²) in [5, 5.41) is 28.0. The summed E-state index contributed by atoms with van der Waals surface area (Å²) in [5.74, 6) is 1.03. The highest BCUT2D eigenvalue weighted by molar-refractivity contribution is 6.00. The molecule has 10 nitrogen and oxygen atoms in total. The minimum Gasteiger partial charge on any atom is -0.339 e. The molecule has 10 heteroatoms. The molecule has 0 saturated heterocycles. The van der Waals surface area contributed by atoms with Gasteiger partial charge in [0.1, 0.15) is 35.2 Å². The number of fused-ring (bicyclic) bond motifs is 1. The first-order valence-corrected chi connectivity index (χ1v) is 10.5. The Morgan fingerprint density at radius 1 is 1.09 bits per heavy atom. The number of imidazole rings is 1. The smallest absolute Gasteiger partial charge is 0.162 e. The van der Waals surface area contributed by atoms with Gasteiger partial charge in [0.2, 0.25) is 0 Å². The number of nitriles is 1. The number of rotatable bonds is 5. The van der Waals surface area contributed by atoms with Crippen molar-refractivity contribution in [3.05, 3.63) is 71.3 Å². The fourth-order valence-corrected chi connectivity index (χ4v) is 3.67. The monoisotopic (exact) mass is 449 g/mol. The maximum Gasteiger partial charge on any atom is 0.162 e. The Balaban J connectivity index is 1.56. The number of benzene rings is 1. The topological polar surface area (TPSA) is 138 Å². The van der Waals surface area contributed by atoms with Crippen molar-refractivity contribution < 1.29 is 4.79 Å². The Labute approximate surface area is 194 Å². The van der Waals surface area contributed by atoms with Crippen LogP contribution in [0.25, 0.3) is 28.2 Å². The molecule has 5 aromatic rings. The van der Waals surface area contributed by atoms with Crippen LogP contribution >= 0.6 is 0 Å². The fourth-order valence-electron chi connectivity index (χ4n) is 3.67. The van der Waals surface area contributed by atoms with Crippen LogP contribution in [0.1, 0.15) is 34.2 Å². The quantitative estimate of drug-likeness (QED) is 0.384. The number of nitrogens with zero attached hydrogens (tertiary/aromatic N) is 7. The Kier molecular flexibility index (Phi) is 5.07. The minimum atomic E-state index is -0.163. The van der Waals surface area contributed by atoms with Crippen LogP contribution < -0.4 is 5.32 Å². The normalized spacial score (nSPS) is 10.9. The molecule has 166 valence electrons. The summed E-state index contributed by atoms with van der Waals surface area (Å²) in [6, 6.07) is 15.1. The second kappa shape index (κ2) is 8.22. The van der Waals surface area contributed by atoms with Gasteiger partial charge in [0, 0.05) is 11.3 Å². The lowest BCUT2D eigenvalue weighted by molar-refractivity contribution is 0.101. The minimum absolute atomic E-state index is 0.163. The van der Waals surface area contributed by atoms with E-state index in [4.69, 9.17) is 4.98 Å². The van der Waals surface area contributed by atoms with E-state index in [1.807, 2.05) is 41.8 Å². The van der Waals surface area contributed by atoms with Crippen molar-refractivity contribution in [2.45, 2.75) is 20.8 Å². The first-order valence-electron chi connectivity index (χ1n) is 10.5. The van der Waals surface area contributed by atoms with Crippen LogP contribution in [0.4, 0.5) is 11.5 Å². The molecule has 0 aliphatic rings. The van der Waals surface area contributed by atoms with Gasteiger partial charge in [-0.15, -0.1) is 5.10 Å². The van der Waals surface area contributed by atoms with Crippen LogP contribution in [-0.4, -0.2) is 40.7 Å². The van der Waals surface area contributed by atoms with Crippen LogP contribution in [0, 0.1) is 25.2 Å². The maximum atomic E-state index is 12.3. The number of carbonyl (C=O) groups excluding carboxylic acids is 1. The van der Waals surface area contributed by atoms with E-state index in [1.165, 1.54) is 6.92 Å². The number of anilines is 2. The lowest BCUT2D eigenvalue weighted by Crippen LogP contribution is -2.04. The van der Waals surface area contributed by atoms with E-state index in [-0.39, 0.29) is 5.78 Å². The van der Waals surface area contributed by atoms with Crippen molar-refractivity contribution in [2.24, 2.45) is 0 Å². The maximum absolute atomic E-state index is 12.3. The van der Waals surface area contributed by atoms with Crippen molar-refractivity contribution in [2.75, 3.05) is 5.32 Å². The standard InChI is InChI=1S/C24H19N9O/c1-13-4-8-21(31-29-13)27-16-5-7-20-19(10-16)26-12-33(20)22-9-6-17(15(3)34)23(28-22)24-18(11-25)14(2)30-32-24/h4-10,12H,1-3H3,(H,27,31)(H,30,32). The van der Waals surface area contributed by atoms with E-state index in [0.717, 1.165) is 22.4 Å². The van der Waals surface area contributed by atoms with Gasteiger partial charge in [-0.25, -0.2) is 9.97 Å². The van der Waals surface area contributed by atoms with Crippen molar-refractivity contribution in [3.63, 3.8) is 0 Å². The molecule has 1 aromatic carbocycles. The molecule has 4 heterocycles. The zero-order valence-corrected chi connectivity index (χ0v) is 18.7. The molecule has 0 spiro atoms. The Hall–Kier alpha value is -4.91. The summed E-state index contributed by atoms with van der Waals surface area (Å²) in [5.41, 5.74) is 5.30. The summed E-state index contributed by atoms with van der Waals surface area (Å²) in [4.78, 5) is 21.5. The molecule has 0 amide bonds. The Morgan fingerprint density at radius 3 is 2.68 bits per heavy atom. The third-order valence-corrected chi connectivity index (χ3v) is 5.41. The Morgan fingerprint density at radius 2 is 1.94 bits per heavy atom. The highest BCUT2D eigenvalue weighted by Crippen LogP contribution is 2.28. The van der Waals surface area contributed by atoms with Gasteiger partial charge in [0.25, 0.3) is 0 Å². The van der Waals surface area contributed by atoms with E-state index in [9.17, 15) is 10.1 Å². The molecule has 0 saturated carbocycles. The van der Waals surface area contributed by atoms with Gasteiger partial charge in [0.15, 0.2) is 11.6 Å². The summed E-state index contributed by atoms with van der Waals surface area (Å²) < 4.78 is 1.82. The average molecular weight is 449 g/mol. The van der Waals surface area contributed by atoms with Crippen LogP contribution in [-0.2, 0) is 0 Å². The van der Waals surface area contributed by atoms with Crippen molar-refractivity contribution >= 4 is 28.3 Å². The highest BCUT2D eigenvalue weighted by atomic mass is 16.1. The summed E-state index contributed by atoms with van der Waals surface area (Å²) in [7, 11) is 0. The number of aryl methyl sites for hydroxylation is 2. The number of aromatic amines is 1. The molecule has 0 atom stereocenters. The van der Waals surface area contributed by atoms with Gasteiger partial charge >= 0.3 is 0 Å². The lowest BCUT2D eigenvalue weighted by Gasteiger charge is -2.10. The van der Waals surface area contributed by atoms with Gasteiger partial charge in [-0.1, -0.05) is 0 Å². The highest BCUT2D eigenvalue weighted by Gasteiger charge is 2.20. The van der Waals surface area contributed by atoms with Crippen LogP contribution in [0.5, 0.6) is 0 Å². The molecule has 4 aromatic heterocycles. The van der Waals surface area contributed by atoms with E-state index < -0.39 is 0 Å². The van der Waals surface area contributed by atoms with Crippen molar-refractivity contribution in [1.29, 1.82) is 5.26 Å². The van der Waals surface area contributed by atoms with Gasteiger partial charge < -0.3 is 5.32 Å². The van der Waals surface area contributed by atoms with Crippen LogP contribution in [0.3, 0.4) is 0 Å². The molecular formula is C24H19N9O. The number of Topliss-reactive ketones (excluding diaryl/α,β-unsaturated/α-hetero) is 1. The van der Waals surface area contributed by atoms with E-state index in [1.54, 1.807) is 25.4 Å². The van der Waals surface area contributed by atoms with Gasteiger partial charge in [-0.2, -0.15) is 15.5 Å². The largest absolute Gasteiger partial charge is 0.339 e. The summed E-state index contributed by atoms with van der Waals surface area (Å²) >= 11 is 0. The van der Waals surface area contributed by atoms with Crippen molar-refractivity contribution in [1.82, 2.24) is 34.9 Å². The van der Waals surface area contributed by atoms with E-state index in [2.05, 4.69) is 36.8 Å². The van der Waals surface area contributed by atoms with Gasteiger partial charge in [-0.05, 0) is 63.2 Å². The predicted octanol–water partition coefficient (Wildman–Crippen LogP) is 4.04. The lowest BCUT2D eigenvalue weighted by atomic mass is 10.0. The molecule has 0 unspecified atom stereocenters. The number of ketones is 1. The molecule has 0 aliphatic heterocycles. The molecule has 0 radical (unpaired) electrons. The molecule has 0 fully saturated rings. The number of H-pyrrole nitrogens is 1. The third kappa shape index (κ3) is 3.65. The number of carbonyl (C=O) groups is 1. The molecule has 0 aliphatic carbocycles. The summed E-state index contributed by atoms with van der Waals surface area (Å²) in [6.07, 6.45) is 1.67. The first kappa shape index (κ1) is 21.0. The number of nitrogens with one attached hydrogen (secondary N) is 2. The van der Waals surface area contributed by atoms with Gasteiger partial charge in [0.05, 0.1) is 22.4 Å². The van der Waals surface area contributed by atoms with E-state index >= 15 is 0 Å². The van der Waals surface area contributed by atoms with Crippen molar-refractivity contribution in [3.8, 4) is 23.3 Å². The number of aromatic nitrogens is 7. The second-order valence-electron chi connectivity index (χ2n) is 7.81.